The molecule has 3 aromatic carbocycles. The molecule has 0 radical (unpaired) electrons. The van der Waals surface area contributed by atoms with Gasteiger partial charge < -0.3 is 10.1 Å². The zero-order valence-corrected chi connectivity index (χ0v) is 21.6. The van der Waals surface area contributed by atoms with Crippen LogP contribution >= 0.6 is 0 Å². The predicted octanol–water partition coefficient (Wildman–Crippen LogP) is 4.06. The summed E-state index contributed by atoms with van der Waals surface area (Å²) in [5.41, 5.74) is 0.512. The number of anilines is 2. The van der Waals surface area contributed by atoms with Gasteiger partial charge in [-0.15, -0.1) is 0 Å². The summed E-state index contributed by atoms with van der Waals surface area (Å²) >= 11 is 0. The number of hydrogen-bond acceptors (Lipinski definition) is 6. The highest BCUT2D eigenvalue weighted by Crippen LogP contribution is 2.27. The molecule has 1 fully saturated rings. The largest absolute Gasteiger partial charge is 0.496 e. The van der Waals surface area contributed by atoms with Crippen molar-refractivity contribution in [1.82, 2.24) is 4.31 Å². The average molecular weight is 548 g/mol. The molecule has 0 saturated carbocycles. The van der Waals surface area contributed by atoms with E-state index in [1.165, 1.54) is 66.0 Å². The Morgan fingerprint density at radius 3 is 2.05 bits per heavy atom. The van der Waals surface area contributed by atoms with Gasteiger partial charge in [0.2, 0.25) is 10.0 Å². The van der Waals surface area contributed by atoms with Crippen LogP contribution in [0.1, 0.15) is 29.6 Å². The summed E-state index contributed by atoms with van der Waals surface area (Å²) in [6.07, 6.45) is 2.55. The second kappa shape index (κ2) is 10.9. The molecule has 0 bridgehead atoms. The van der Waals surface area contributed by atoms with Crippen molar-refractivity contribution in [2.24, 2.45) is 0 Å². The maximum atomic E-state index is 13.1. The lowest BCUT2D eigenvalue weighted by Crippen LogP contribution is -2.35. The lowest BCUT2D eigenvalue weighted by Gasteiger charge is -2.26. The van der Waals surface area contributed by atoms with Gasteiger partial charge in [-0.2, -0.15) is 4.31 Å². The van der Waals surface area contributed by atoms with E-state index in [1.807, 2.05) is 0 Å². The van der Waals surface area contributed by atoms with E-state index in [0.29, 0.717) is 13.1 Å². The summed E-state index contributed by atoms with van der Waals surface area (Å²) in [7, 11) is -6.33. The molecule has 1 saturated heterocycles. The maximum Gasteiger partial charge on any atom is 0.261 e. The summed E-state index contributed by atoms with van der Waals surface area (Å²) in [5, 5.41) is 2.64. The van der Waals surface area contributed by atoms with E-state index in [0.717, 1.165) is 31.4 Å². The molecule has 196 valence electrons. The lowest BCUT2D eigenvalue weighted by molar-refractivity contribution is 0.102. The van der Waals surface area contributed by atoms with Gasteiger partial charge in [0.25, 0.3) is 15.9 Å². The Kier molecular flexibility index (Phi) is 7.81. The van der Waals surface area contributed by atoms with Crippen molar-refractivity contribution in [2.75, 3.05) is 30.2 Å². The SMILES string of the molecule is COc1ccc(S(=O)(=O)N2CCCCC2)cc1C(=O)Nc1ccc(S(=O)(=O)Nc2ccc(F)cc2)cc1. The third-order valence-electron chi connectivity index (χ3n) is 5.89. The third kappa shape index (κ3) is 6.09. The number of rotatable bonds is 8. The Hall–Kier alpha value is -3.48. The van der Waals surface area contributed by atoms with E-state index >= 15 is 0 Å². The van der Waals surface area contributed by atoms with Crippen molar-refractivity contribution in [3.05, 3.63) is 78.1 Å². The molecule has 0 aromatic heterocycles. The molecule has 12 heteroatoms. The first kappa shape index (κ1) is 26.6. The standard InChI is InChI=1S/C25H26FN3O6S2/c1-35-24-14-13-22(37(33,34)29-15-3-2-4-16-29)17-23(24)25(30)27-19-9-11-21(12-10-19)36(31,32)28-20-7-5-18(26)6-8-20/h5-14,17,28H,2-4,15-16H2,1H3,(H,27,30). The number of carbonyl (C=O) groups excluding carboxylic acids is 1. The first-order valence-electron chi connectivity index (χ1n) is 11.5. The Balaban J connectivity index is 1.52. The van der Waals surface area contributed by atoms with Crippen LogP contribution < -0.4 is 14.8 Å². The zero-order valence-electron chi connectivity index (χ0n) is 20.0. The Bertz CT molecular complexity index is 1490. The number of ether oxygens (including phenoxy) is 1. The first-order chi connectivity index (χ1) is 17.6. The smallest absolute Gasteiger partial charge is 0.261 e. The van der Waals surface area contributed by atoms with E-state index in [9.17, 15) is 26.0 Å². The summed E-state index contributed by atoms with van der Waals surface area (Å²) in [6.45, 7) is 0.863. The number of benzene rings is 3. The topological polar surface area (TPSA) is 122 Å². The van der Waals surface area contributed by atoms with Crippen LogP contribution in [0.25, 0.3) is 0 Å². The van der Waals surface area contributed by atoms with Crippen LogP contribution in [-0.4, -0.2) is 47.2 Å². The van der Waals surface area contributed by atoms with Gasteiger partial charge in [-0.3, -0.25) is 9.52 Å². The third-order valence-corrected chi connectivity index (χ3v) is 9.18. The molecule has 1 aliphatic heterocycles. The van der Waals surface area contributed by atoms with Gasteiger partial charge in [0, 0.05) is 24.5 Å². The minimum Gasteiger partial charge on any atom is -0.496 e. The van der Waals surface area contributed by atoms with Crippen LogP contribution in [0.2, 0.25) is 0 Å². The van der Waals surface area contributed by atoms with Gasteiger partial charge in [0.15, 0.2) is 0 Å². The number of piperidine rings is 1. The van der Waals surface area contributed by atoms with Crippen molar-refractivity contribution in [3.63, 3.8) is 0 Å². The van der Waals surface area contributed by atoms with Crippen molar-refractivity contribution in [1.29, 1.82) is 0 Å². The van der Waals surface area contributed by atoms with Crippen LogP contribution in [0.5, 0.6) is 5.75 Å². The summed E-state index contributed by atoms with van der Waals surface area (Å²) in [5.74, 6) is -0.917. The predicted molar refractivity (Wildman–Crippen MR) is 137 cm³/mol. The molecule has 9 nitrogen and oxygen atoms in total. The van der Waals surface area contributed by atoms with Crippen molar-refractivity contribution in [3.8, 4) is 5.75 Å². The Morgan fingerprint density at radius 1 is 0.838 bits per heavy atom. The monoisotopic (exact) mass is 547 g/mol. The molecule has 0 atom stereocenters. The normalized spacial score (nSPS) is 14.6. The molecule has 1 heterocycles. The number of hydrogen-bond donors (Lipinski definition) is 2. The summed E-state index contributed by atoms with van der Waals surface area (Å²) in [4.78, 5) is 13.0. The van der Waals surface area contributed by atoms with Crippen molar-refractivity contribution in [2.45, 2.75) is 29.1 Å². The quantitative estimate of drug-likeness (QED) is 0.439. The molecule has 4 rings (SSSR count). The second-order valence-corrected chi connectivity index (χ2v) is 12.0. The van der Waals surface area contributed by atoms with Gasteiger partial charge in [-0.25, -0.2) is 21.2 Å². The van der Waals surface area contributed by atoms with Crippen LogP contribution in [0.4, 0.5) is 15.8 Å². The Morgan fingerprint density at radius 2 is 1.43 bits per heavy atom. The first-order valence-corrected chi connectivity index (χ1v) is 14.4. The van der Waals surface area contributed by atoms with Crippen LogP contribution in [0.3, 0.4) is 0 Å². The minimum absolute atomic E-state index is 0.00587. The minimum atomic E-state index is -3.94. The number of nitrogens with one attached hydrogen (secondary N) is 2. The van der Waals surface area contributed by atoms with Crippen molar-refractivity contribution < 1.29 is 30.8 Å². The fourth-order valence-electron chi connectivity index (χ4n) is 3.93. The van der Waals surface area contributed by atoms with Gasteiger partial charge in [0.05, 0.1) is 22.5 Å². The van der Waals surface area contributed by atoms with Gasteiger partial charge in [0.1, 0.15) is 11.6 Å². The molecule has 1 aliphatic rings. The van der Waals surface area contributed by atoms with Crippen molar-refractivity contribution >= 4 is 37.3 Å². The highest BCUT2D eigenvalue weighted by molar-refractivity contribution is 7.92. The van der Waals surface area contributed by atoms with E-state index in [2.05, 4.69) is 10.0 Å². The summed E-state index contributed by atoms with van der Waals surface area (Å²) in [6, 6.07) is 14.4. The summed E-state index contributed by atoms with van der Waals surface area (Å²) < 4.78 is 73.5. The number of nitrogens with zero attached hydrogens (tertiary/aromatic N) is 1. The van der Waals surface area contributed by atoms with Gasteiger partial charge in [-0.1, -0.05) is 6.42 Å². The van der Waals surface area contributed by atoms with Crippen LogP contribution in [0.15, 0.2) is 76.5 Å². The van der Waals surface area contributed by atoms with E-state index < -0.39 is 31.8 Å². The number of amides is 1. The van der Waals surface area contributed by atoms with E-state index in [4.69, 9.17) is 4.74 Å². The number of methoxy groups -OCH3 is 1. The molecule has 0 aliphatic carbocycles. The highest BCUT2D eigenvalue weighted by Gasteiger charge is 2.27. The average Bonchev–Trinajstić information content (AvgIpc) is 2.90. The molecule has 2 N–H and O–H groups in total. The number of carbonyl (C=O) groups is 1. The van der Waals surface area contributed by atoms with Crippen LogP contribution in [0, 0.1) is 5.82 Å². The molecule has 0 unspecified atom stereocenters. The lowest BCUT2D eigenvalue weighted by atomic mass is 10.2. The van der Waals surface area contributed by atoms with Gasteiger partial charge >= 0.3 is 0 Å². The highest BCUT2D eigenvalue weighted by atomic mass is 32.2. The van der Waals surface area contributed by atoms with E-state index in [-0.39, 0.29) is 32.5 Å². The molecule has 37 heavy (non-hydrogen) atoms. The fraction of sp³-hybridized carbons (Fsp3) is 0.240. The zero-order chi connectivity index (χ0) is 26.6. The molecular formula is C25H26FN3O6S2. The van der Waals surface area contributed by atoms with Crippen LogP contribution in [-0.2, 0) is 20.0 Å². The second-order valence-electron chi connectivity index (χ2n) is 8.42. The molecular weight excluding hydrogens is 521 g/mol. The molecule has 3 aromatic rings. The molecule has 1 amide bonds. The maximum absolute atomic E-state index is 13.1. The van der Waals surface area contributed by atoms with E-state index in [1.54, 1.807) is 0 Å². The molecule has 0 spiro atoms. The number of sulfonamides is 2. The van der Waals surface area contributed by atoms with Gasteiger partial charge in [-0.05, 0) is 79.6 Å². The Labute approximate surface area is 215 Å². The number of halogens is 1. The fourth-order valence-corrected chi connectivity index (χ4v) is 6.53.